The monoisotopic (exact) mass is 299 g/mol. The van der Waals surface area contributed by atoms with Crippen molar-refractivity contribution < 1.29 is 23.0 Å². The zero-order valence-electron chi connectivity index (χ0n) is 10.2. The maximum absolute atomic E-state index is 13.1. The molecule has 1 heterocycles. The van der Waals surface area contributed by atoms with Gasteiger partial charge in [0.05, 0.1) is 12.1 Å². The van der Waals surface area contributed by atoms with Crippen LogP contribution in [-0.2, 0) is 4.74 Å². The summed E-state index contributed by atoms with van der Waals surface area (Å²) < 4.78 is 35.7. The highest BCUT2D eigenvalue weighted by molar-refractivity contribution is 6.30. The zero-order chi connectivity index (χ0) is 14.7. The van der Waals surface area contributed by atoms with Crippen LogP contribution in [0.5, 0.6) is 11.6 Å². The summed E-state index contributed by atoms with van der Waals surface area (Å²) in [7, 11) is 1.19. The molecule has 0 unspecified atom stereocenters. The third-order valence-electron chi connectivity index (χ3n) is 2.33. The summed E-state index contributed by atoms with van der Waals surface area (Å²) in [6.45, 7) is 0. The average Bonchev–Trinajstić information content (AvgIpc) is 2.44. The number of methoxy groups -OCH3 is 1. The predicted molar refractivity (Wildman–Crippen MR) is 67.0 cm³/mol. The first-order valence-electron chi connectivity index (χ1n) is 5.38. The van der Waals surface area contributed by atoms with Gasteiger partial charge in [0, 0.05) is 12.3 Å². The van der Waals surface area contributed by atoms with Crippen molar-refractivity contribution in [2.24, 2.45) is 0 Å². The highest BCUT2D eigenvalue weighted by Crippen LogP contribution is 2.26. The fourth-order valence-corrected chi connectivity index (χ4v) is 1.57. The zero-order valence-corrected chi connectivity index (χ0v) is 10.9. The summed E-state index contributed by atoms with van der Waals surface area (Å²) in [4.78, 5) is 15.4. The van der Waals surface area contributed by atoms with Crippen LogP contribution in [0.4, 0.5) is 8.78 Å². The number of carbonyl (C=O) groups excluding carboxylic acids is 1. The molecule has 0 spiro atoms. The molecule has 4 nitrogen and oxygen atoms in total. The normalized spacial score (nSPS) is 10.2. The molecule has 0 bridgehead atoms. The number of hydrogen-bond acceptors (Lipinski definition) is 4. The molecule has 7 heteroatoms. The summed E-state index contributed by atoms with van der Waals surface area (Å²) >= 11 is 5.73. The van der Waals surface area contributed by atoms with E-state index in [0.29, 0.717) is 0 Å². The second kappa shape index (κ2) is 5.83. The van der Waals surface area contributed by atoms with Crippen LogP contribution in [0.25, 0.3) is 0 Å². The number of pyridine rings is 1. The van der Waals surface area contributed by atoms with Crippen molar-refractivity contribution in [3.8, 4) is 11.6 Å². The van der Waals surface area contributed by atoms with Crippen LogP contribution >= 0.6 is 11.6 Å². The van der Waals surface area contributed by atoms with Gasteiger partial charge in [0.15, 0.2) is 11.6 Å². The smallest absolute Gasteiger partial charge is 0.343 e. The van der Waals surface area contributed by atoms with E-state index in [2.05, 4.69) is 9.72 Å². The molecule has 1 aromatic heterocycles. The highest BCUT2D eigenvalue weighted by atomic mass is 35.5. The minimum Gasteiger partial charge on any atom is -0.465 e. The predicted octanol–water partition coefficient (Wildman–Crippen LogP) is 3.59. The first-order valence-corrected chi connectivity index (χ1v) is 5.76. The Bertz CT molecular complexity index is 664. The number of esters is 1. The summed E-state index contributed by atoms with van der Waals surface area (Å²) in [5, 5.41) is 0.211. The van der Waals surface area contributed by atoms with Crippen LogP contribution in [0.1, 0.15) is 10.4 Å². The molecule has 0 saturated carbocycles. The van der Waals surface area contributed by atoms with E-state index in [0.717, 1.165) is 12.1 Å². The van der Waals surface area contributed by atoms with Crippen molar-refractivity contribution in [2.75, 3.05) is 7.11 Å². The van der Waals surface area contributed by atoms with Gasteiger partial charge in [0.2, 0.25) is 5.88 Å². The number of benzene rings is 1. The van der Waals surface area contributed by atoms with Gasteiger partial charge < -0.3 is 9.47 Å². The lowest BCUT2D eigenvalue weighted by Gasteiger charge is -2.09. The Morgan fingerprint density at radius 1 is 1.25 bits per heavy atom. The van der Waals surface area contributed by atoms with E-state index in [1.807, 2.05) is 0 Å². The molecule has 2 rings (SSSR count). The molecule has 1 aromatic carbocycles. The molecule has 104 valence electrons. The van der Waals surface area contributed by atoms with E-state index < -0.39 is 17.6 Å². The van der Waals surface area contributed by atoms with Gasteiger partial charge in [-0.15, -0.1) is 0 Å². The van der Waals surface area contributed by atoms with Gasteiger partial charge in [0.1, 0.15) is 11.3 Å². The van der Waals surface area contributed by atoms with Gasteiger partial charge in [-0.25, -0.2) is 18.6 Å². The summed E-state index contributed by atoms with van der Waals surface area (Å²) in [5.74, 6) is -2.92. The SMILES string of the molecule is COC(=O)c1cc(Cl)cnc1Oc1ccc(F)c(F)c1. The topological polar surface area (TPSA) is 48.4 Å². The summed E-state index contributed by atoms with van der Waals surface area (Å²) in [5.41, 5.74) is -0.0234. The number of ether oxygens (including phenoxy) is 2. The Morgan fingerprint density at radius 3 is 2.65 bits per heavy atom. The van der Waals surface area contributed by atoms with E-state index in [9.17, 15) is 13.6 Å². The quantitative estimate of drug-likeness (QED) is 0.813. The number of rotatable bonds is 3. The van der Waals surface area contributed by atoms with Crippen LogP contribution in [0, 0.1) is 11.6 Å². The number of nitrogens with zero attached hydrogens (tertiary/aromatic N) is 1. The van der Waals surface area contributed by atoms with E-state index in [1.165, 1.54) is 25.4 Å². The fourth-order valence-electron chi connectivity index (χ4n) is 1.42. The van der Waals surface area contributed by atoms with Gasteiger partial charge in [-0.3, -0.25) is 0 Å². The van der Waals surface area contributed by atoms with Gasteiger partial charge >= 0.3 is 5.97 Å². The number of hydrogen-bond donors (Lipinski definition) is 0. The molecule has 0 aliphatic heterocycles. The Labute approximate surface area is 117 Å². The molecular weight excluding hydrogens is 292 g/mol. The molecule has 20 heavy (non-hydrogen) atoms. The Kier molecular flexibility index (Phi) is 4.14. The van der Waals surface area contributed by atoms with Crippen molar-refractivity contribution in [3.63, 3.8) is 0 Å². The fraction of sp³-hybridized carbons (Fsp3) is 0.0769. The van der Waals surface area contributed by atoms with E-state index in [1.54, 1.807) is 0 Å². The van der Waals surface area contributed by atoms with Gasteiger partial charge in [-0.05, 0) is 18.2 Å². The molecule has 0 fully saturated rings. The number of halogens is 3. The third kappa shape index (κ3) is 3.03. The number of aromatic nitrogens is 1. The molecule has 0 N–H and O–H groups in total. The summed E-state index contributed by atoms with van der Waals surface area (Å²) in [6.07, 6.45) is 1.25. The van der Waals surface area contributed by atoms with Crippen LogP contribution in [0.3, 0.4) is 0 Å². The van der Waals surface area contributed by atoms with Crippen molar-refractivity contribution in [1.82, 2.24) is 4.98 Å². The molecular formula is C13H8ClF2NO3. The maximum atomic E-state index is 13.1. The van der Waals surface area contributed by atoms with Gasteiger partial charge in [0.25, 0.3) is 0 Å². The third-order valence-corrected chi connectivity index (χ3v) is 2.54. The van der Waals surface area contributed by atoms with Crippen LogP contribution in [0.15, 0.2) is 30.5 Å². The Morgan fingerprint density at radius 2 is 2.00 bits per heavy atom. The molecule has 0 radical (unpaired) electrons. The largest absolute Gasteiger partial charge is 0.465 e. The molecule has 2 aromatic rings. The molecule has 0 amide bonds. The second-order valence-electron chi connectivity index (χ2n) is 3.68. The second-order valence-corrected chi connectivity index (χ2v) is 4.11. The standard InChI is InChI=1S/C13H8ClF2NO3/c1-19-13(18)9-4-7(14)6-17-12(9)20-8-2-3-10(15)11(16)5-8/h2-6H,1H3. The average molecular weight is 300 g/mol. The van der Waals surface area contributed by atoms with Crippen molar-refractivity contribution >= 4 is 17.6 Å². The van der Waals surface area contributed by atoms with E-state index >= 15 is 0 Å². The van der Waals surface area contributed by atoms with Gasteiger partial charge in [-0.2, -0.15) is 0 Å². The van der Waals surface area contributed by atoms with Crippen LogP contribution in [0.2, 0.25) is 5.02 Å². The Balaban J connectivity index is 2.37. The first-order chi connectivity index (χ1) is 9.51. The minimum atomic E-state index is -1.07. The molecule has 0 atom stereocenters. The first kappa shape index (κ1) is 14.2. The number of carbonyl (C=O) groups is 1. The van der Waals surface area contributed by atoms with Crippen LogP contribution < -0.4 is 4.74 Å². The van der Waals surface area contributed by atoms with Crippen molar-refractivity contribution in [3.05, 3.63) is 52.7 Å². The molecule has 0 aliphatic rings. The van der Waals surface area contributed by atoms with E-state index in [-0.39, 0.29) is 22.2 Å². The van der Waals surface area contributed by atoms with Crippen LogP contribution in [-0.4, -0.2) is 18.1 Å². The van der Waals surface area contributed by atoms with E-state index in [4.69, 9.17) is 16.3 Å². The lowest BCUT2D eigenvalue weighted by Crippen LogP contribution is -2.05. The molecule has 0 saturated heterocycles. The van der Waals surface area contributed by atoms with Crippen molar-refractivity contribution in [1.29, 1.82) is 0 Å². The lowest BCUT2D eigenvalue weighted by molar-refractivity contribution is 0.0597. The Hall–Kier alpha value is -2.21. The highest BCUT2D eigenvalue weighted by Gasteiger charge is 2.16. The lowest BCUT2D eigenvalue weighted by atomic mass is 10.2. The van der Waals surface area contributed by atoms with Gasteiger partial charge in [-0.1, -0.05) is 11.6 Å². The maximum Gasteiger partial charge on any atom is 0.343 e. The minimum absolute atomic E-state index is 0.0103. The van der Waals surface area contributed by atoms with Crippen molar-refractivity contribution in [2.45, 2.75) is 0 Å². The summed E-state index contributed by atoms with van der Waals surface area (Å²) in [6, 6.07) is 4.25. The molecule has 0 aliphatic carbocycles.